The molecule has 2 rings (SSSR count). The molecule has 2 aromatic rings. The Morgan fingerprint density at radius 3 is 2.45 bits per heavy atom. The summed E-state index contributed by atoms with van der Waals surface area (Å²) in [5, 5.41) is 3.66. The number of ether oxygens (including phenoxy) is 1. The predicted octanol–water partition coefficient (Wildman–Crippen LogP) is 4.92. The summed E-state index contributed by atoms with van der Waals surface area (Å²) in [7, 11) is 0. The third kappa shape index (κ3) is 7.35. The van der Waals surface area contributed by atoms with Gasteiger partial charge >= 0.3 is 0 Å². The van der Waals surface area contributed by atoms with Crippen LogP contribution in [0.4, 0.5) is 0 Å². The molecule has 0 aliphatic carbocycles. The van der Waals surface area contributed by atoms with Gasteiger partial charge in [0.05, 0.1) is 10.0 Å². The minimum atomic E-state index is -0.663. The molecule has 0 aliphatic rings. The summed E-state index contributed by atoms with van der Waals surface area (Å²) in [5.74, 6) is 0.0830. The van der Waals surface area contributed by atoms with E-state index in [-0.39, 0.29) is 25.0 Å². The van der Waals surface area contributed by atoms with Crippen LogP contribution in [0, 0.1) is 3.57 Å². The number of nitrogens with one attached hydrogen (secondary N) is 1. The number of nitrogens with zero attached hydrogens (tertiary/aromatic N) is 1. The minimum Gasteiger partial charge on any atom is -0.484 e. The van der Waals surface area contributed by atoms with Gasteiger partial charge in [0.15, 0.2) is 6.61 Å². The predicted molar refractivity (Wildman–Crippen MR) is 124 cm³/mol. The molecule has 0 saturated heterocycles. The number of carbonyl (C=O) groups excluding carboxylic acids is 2. The summed E-state index contributed by atoms with van der Waals surface area (Å²) < 4.78 is 6.69. The summed E-state index contributed by atoms with van der Waals surface area (Å²) in [6, 6.07) is 11.9. The van der Waals surface area contributed by atoms with Crippen LogP contribution in [-0.2, 0) is 16.1 Å². The van der Waals surface area contributed by atoms with E-state index in [1.807, 2.05) is 19.1 Å². The van der Waals surface area contributed by atoms with Gasteiger partial charge in [0.2, 0.25) is 5.91 Å². The average molecular weight is 549 g/mol. The second-order valence-electron chi connectivity index (χ2n) is 6.48. The standard InChI is InChI=1S/C21H23Cl2IN2O3/c1-3-10-25-21(28)14(2)26(12-15-4-9-18(22)19(23)11-15)20(27)13-29-17-7-5-16(24)6-8-17/h4-9,11,14H,3,10,12-13H2,1-2H3,(H,25,28)/t14-/m0/s1. The molecule has 0 spiro atoms. The van der Waals surface area contributed by atoms with E-state index in [2.05, 4.69) is 27.9 Å². The molecule has 1 atom stereocenters. The molecule has 2 amide bonds. The number of hydrogen-bond acceptors (Lipinski definition) is 3. The van der Waals surface area contributed by atoms with Crippen LogP contribution < -0.4 is 10.1 Å². The lowest BCUT2D eigenvalue weighted by molar-refractivity contribution is -0.142. The number of benzene rings is 2. The zero-order valence-corrected chi connectivity index (χ0v) is 19.9. The summed E-state index contributed by atoms with van der Waals surface area (Å²) >= 11 is 14.3. The molecule has 0 aliphatic heterocycles. The highest BCUT2D eigenvalue weighted by molar-refractivity contribution is 14.1. The second kappa shape index (κ2) is 11.6. The summed E-state index contributed by atoms with van der Waals surface area (Å²) in [4.78, 5) is 26.9. The van der Waals surface area contributed by atoms with Crippen molar-refractivity contribution in [2.24, 2.45) is 0 Å². The Hall–Kier alpha value is -1.51. The van der Waals surface area contributed by atoms with Gasteiger partial charge in [-0.2, -0.15) is 0 Å². The lowest BCUT2D eigenvalue weighted by atomic mass is 10.1. The molecule has 0 fully saturated rings. The van der Waals surface area contributed by atoms with Crippen LogP contribution in [0.1, 0.15) is 25.8 Å². The van der Waals surface area contributed by atoms with Crippen LogP contribution in [-0.4, -0.2) is 35.9 Å². The number of rotatable bonds is 9. The Bertz CT molecular complexity index is 846. The fraction of sp³-hybridized carbons (Fsp3) is 0.333. The first-order chi connectivity index (χ1) is 13.8. The first kappa shape index (κ1) is 23.8. The smallest absolute Gasteiger partial charge is 0.261 e. The van der Waals surface area contributed by atoms with E-state index in [9.17, 15) is 9.59 Å². The number of amides is 2. The van der Waals surface area contributed by atoms with E-state index in [4.69, 9.17) is 27.9 Å². The fourth-order valence-electron chi connectivity index (χ4n) is 2.57. The third-order valence-corrected chi connectivity index (χ3v) is 5.69. The number of halogens is 3. The molecule has 2 aromatic carbocycles. The van der Waals surface area contributed by atoms with Crippen molar-refractivity contribution in [3.8, 4) is 5.75 Å². The first-order valence-corrected chi connectivity index (χ1v) is 11.0. The molecular weight excluding hydrogens is 526 g/mol. The van der Waals surface area contributed by atoms with E-state index in [0.29, 0.717) is 22.3 Å². The summed E-state index contributed by atoms with van der Waals surface area (Å²) in [6.45, 7) is 4.26. The summed E-state index contributed by atoms with van der Waals surface area (Å²) in [6.07, 6.45) is 0.815. The maximum absolute atomic E-state index is 12.9. The lowest BCUT2D eigenvalue weighted by Crippen LogP contribution is -2.49. The van der Waals surface area contributed by atoms with Crippen molar-refractivity contribution in [3.05, 3.63) is 61.6 Å². The maximum atomic E-state index is 12.9. The van der Waals surface area contributed by atoms with Crippen molar-refractivity contribution in [2.45, 2.75) is 32.9 Å². The van der Waals surface area contributed by atoms with Crippen molar-refractivity contribution in [1.82, 2.24) is 10.2 Å². The van der Waals surface area contributed by atoms with Crippen LogP contribution in [0.3, 0.4) is 0 Å². The van der Waals surface area contributed by atoms with Gasteiger partial charge in [-0.3, -0.25) is 9.59 Å². The molecular formula is C21H23Cl2IN2O3. The highest BCUT2D eigenvalue weighted by Gasteiger charge is 2.26. The Morgan fingerprint density at radius 2 is 1.83 bits per heavy atom. The van der Waals surface area contributed by atoms with Gasteiger partial charge < -0.3 is 15.0 Å². The molecule has 8 heteroatoms. The number of hydrogen-bond donors (Lipinski definition) is 1. The van der Waals surface area contributed by atoms with E-state index in [1.165, 1.54) is 4.90 Å². The van der Waals surface area contributed by atoms with Crippen molar-refractivity contribution < 1.29 is 14.3 Å². The molecule has 156 valence electrons. The van der Waals surface area contributed by atoms with Crippen molar-refractivity contribution in [1.29, 1.82) is 0 Å². The van der Waals surface area contributed by atoms with E-state index >= 15 is 0 Å². The van der Waals surface area contributed by atoms with E-state index in [1.54, 1.807) is 37.3 Å². The third-order valence-electron chi connectivity index (χ3n) is 4.23. The molecule has 0 unspecified atom stereocenters. The Labute approximate surface area is 194 Å². The lowest BCUT2D eigenvalue weighted by Gasteiger charge is -2.28. The molecule has 5 nitrogen and oxygen atoms in total. The van der Waals surface area contributed by atoms with E-state index in [0.717, 1.165) is 15.6 Å². The zero-order chi connectivity index (χ0) is 21.4. The molecule has 1 N–H and O–H groups in total. The van der Waals surface area contributed by atoms with Gasteiger partial charge in [0.1, 0.15) is 11.8 Å². The largest absolute Gasteiger partial charge is 0.484 e. The molecule has 0 radical (unpaired) electrons. The van der Waals surface area contributed by atoms with Gasteiger partial charge in [0, 0.05) is 16.7 Å². The van der Waals surface area contributed by atoms with E-state index < -0.39 is 6.04 Å². The Kier molecular flexibility index (Phi) is 9.52. The quantitative estimate of drug-likeness (QED) is 0.452. The van der Waals surface area contributed by atoms with Gasteiger partial charge in [0.25, 0.3) is 5.91 Å². The van der Waals surface area contributed by atoms with Gasteiger partial charge in [-0.1, -0.05) is 36.2 Å². The number of carbonyl (C=O) groups is 2. The molecule has 0 aromatic heterocycles. The summed E-state index contributed by atoms with van der Waals surface area (Å²) in [5.41, 5.74) is 0.775. The zero-order valence-electron chi connectivity index (χ0n) is 16.3. The van der Waals surface area contributed by atoms with Gasteiger partial charge in [-0.15, -0.1) is 0 Å². The monoisotopic (exact) mass is 548 g/mol. The van der Waals surface area contributed by atoms with Crippen LogP contribution in [0.2, 0.25) is 10.0 Å². The Morgan fingerprint density at radius 1 is 1.14 bits per heavy atom. The molecule has 29 heavy (non-hydrogen) atoms. The topological polar surface area (TPSA) is 58.6 Å². The minimum absolute atomic E-state index is 0.173. The van der Waals surface area contributed by atoms with Crippen LogP contribution in [0.25, 0.3) is 0 Å². The molecule has 0 saturated carbocycles. The SMILES string of the molecule is CCCNC(=O)[C@H](C)N(Cc1ccc(Cl)c(Cl)c1)C(=O)COc1ccc(I)cc1. The van der Waals surface area contributed by atoms with Crippen LogP contribution in [0.15, 0.2) is 42.5 Å². The Balaban J connectivity index is 2.15. The van der Waals surface area contributed by atoms with Gasteiger partial charge in [-0.05, 0) is 77.9 Å². The van der Waals surface area contributed by atoms with Crippen LogP contribution in [0.5, 0.6) is 5.75 Å². The highest BCUT2D eigenvalue weighted by atomic mass is 127. The van der Waals surface area contributed by atoms with Crippen molar-refractivity contribution >= 4 is 57.6 Å². The second-order valence-corrected chi connectivity index (χ2v) is 8.54. The van der Waals surface area contributed by atoms with Crippen LogP contribution >= 0.6 is 45.8 Å². The average Bonchev–Trinajstić information content (AvgIpc) is 2.71. The van der Waals surface area contributed by atoms with Crippen molar-refractivity contribution in [2.75, 3.05) is 13.2 Å². The molecule has 0 bridgehead atoms. The fourth-order valence-corrected chi connectivity index (χ4v) is 3.25. The highest BCUT2D eigenvalue weighted by Crippen LogP contribution is 2.24. The molecule has 0 heterocycles. The maximum Gasteiger partial charge on any atom is 0.261 e. The van der Waals surface area contributed by atoms with Gasteiger partial charge in [-0.25, -0.2) is 0 Å². The normalized spacial score (nSPS) is 11.6. The first-order valence-electron chi connectivity index (χ1n) is 9.21. The van der Waals surface area contributed by atoms with Crippen molar-refractivity contribution in [3.63, 3.8) is 0 Å².